The van der Waals surface area contributed by atoms with Crippen molar-refractivity contribution in [3.63, 3.8) is 0 Å². The number of hydrazine groups is 1. The Labute approximate surface area is 90.5 Å². The molecule has 0 aliphatic carbocycles. The van der Waals surface area contributed by atoms with Crippen LogP contribution in [-0.4, -0.2) is 31.5 Å². The van der Waals surface area contributed by atoms with Crippen LogP contribution in [0, 0.1) is 5.92 Å². The molecule has 1 rings (SSSR count). The lowest BCUT2D eigenvalue weighted by Crippen LogP contribution is -2.43. The molecule has 5 nitrogen and oxygen atoms in total. The van der Waals surface area contributed by atoms with Crippen molar-refractivity contribution in [3.05, 3.63) is 0 Å². The smallest absolute Gasteiger partial charge is 0.422 e. The molecule has 0 aromatic rings. The van der Waals surface area contributed by atoms with Crippen LogP contribution in [0.5, 0.6) is 0 Å². The number of hydrogen-bond donors (Lipinski definition) is 2. The van der Waals surface area contributed by atoms with E-state index in [1.165, 1.54) is 0 Å². The van der Waals surface area contributed by atoms with Crippen LogP contribution in [0.15, 0.2) is 0 Å². The second-order valence-electron chi connectivity index (χ2n) is 4.74. The first-order chi connectivity index (χ1) is 6.97. The van der Waals surface area contributed by atoms with Crippen molar-refractivity contribution in [2.75, 3.05) is 19.8 Å². The van der Waals surface area contributed by atoms with Gasteiger partial charge in [0.2, 0.25) is 0 Å². The van der Waals surface area contributed by atoms with E-state index in [0.29, 0.717) is 5.92 Å². The number of hydrogen-bond acceptors (Lipinski definition) is 4. The van der Waals surface area contributed by atoms with Crippen LogP contribution in [0.4, 0.5) is 4.79 Å². The fourth-order valence-corrected chi connectivity index (χ4v) is 1.32. The van der Waals surface area contributed by atoms with Gasteiger partial charge < -0.3 is 9.47 Å². The van der Waals surface area contributed by atoms with Crippen LogP contribution >= 0.6 is 0 Å². The Morgan fingerprint density at radius 1 is 1.53 bits per heavy atom. The third-order valence-electron chi connectivity index (χ3n) is 2.00. The molecule has 0 bridgehead atoms. The maximum absolute atomic E-state index is 11.2. The van der Waals surface area contributed by atoms with Gasteiger partial charge in [0.05, 0.1) is 6.61 Å². The molecule has 1 amide bonds. The van der Waals surface area contributed by atoms with Crippen molar-refractivity contribution in [1.29, 1.82) is 0 Å². The summed E-state index contributed by atoms with van der Waals surface area (Å²) >= 11 is 0. The Kier molecular flexibility index (Phi) is 4.35. The van der Waals surface area contributed by atoms with Gasteiger partial charge >= 0.3 is 6.09 Å². The van der Waals surface area contributed by atoms with Gasteiger partial charge in [0.1, 0.15) is 5.60 Å². The molecule has 0 aromatic carbocycles. The Morgan fingerprint density at radius 2 is 2.27 bits per heavy atom. The third-order valence-corrected chi connectivity index (χ3v) is 2.00. The molecule has 0 radical (unpaired) electrons. The minimum Gasteiger partial charge on any atom is -0.443 e. The molecular formula is C10H20N2O3. The van der Waals surface area contributed by atoms with Gasteiger partial charge in [-0.05, 0) is 33.1 Å². The van der Waals surface area contributed by atoms with E-state index in [0.717, 1.165) is 26.2 Å². The van der Waals surface area contributed by atoms with Gasteiger partial charge in [0.25, 0.3) is 0 Å². The van der Waals surface area contributed by atoms with E-state index in [1.54, 1.807) is 0 Å². The number of ether oxygens (including phenoxy) is 2. The minimum atomic E-state index is -0.456. The summed E-state index contributed by atoms with van der Waals surface area (Å²) in [6.07, 6.45) is 0.602. The van der Waals surface area contributed by atoms with Crippen LogP contribution in [0.25, 0.3) is 0 Å². The van der Waals surface area contributed by atoms with Gasteiger partial charge in [0, 0.05) is 13.2 Å². The van der Waals surface area contributed by atoms with Gasteiger partial charge in [-0.2, -0.15) is 0 Å². The van der Waals surface area contributed by atoms with Gasteiger partial charge in [-0.25, -0.2) is 10.2 Å². The summed E-state index contributed by atoms with van der Waals surface area (Å²) in [6, 6.07) is 0. The highest BCUT2D eigenvalue weighted by Crippen LogP contribution is 2.10. The molecule has 0 spiro atoms. The van der Waals surface area contributed by atoms with Crippen molar-refractivity contribution in [2.45, 2.75) is 32.8 Å². The standard InChI is InChI=1S/C10H20N2O3/c1-10(2,3)15-9(13)12-11-6-8-4-5-14-7-8/h8,11H,4-7H2,1-3H3,(H,12,13). The quantitative estimate of drug-likeness (QED) is 0.692. The molecule has 1 aliphatic rings. The van der Waals surface area contributed by atoms with Crippen molar-refractivity contribution >= 4 is 6.09 Å². The topological polar surface area (TPSA) is 59.6 Å². The number of amides is 1. The normalized spacial score (nSPS) is 21.4. The minimum absolute atomic E-state index is 0.443. The highest BCUT2D eigenvalue weighted by atomic mass is 16.6. The Morgan fingerprint density at radius 3 is 2.80 bits per heavy atom. The van der Waals surface area contributed by atoms with E-state index in [1.807, 2.05) is 20.8 Å². The summed E-state index contributed by atoms with van der Waals surface area (Å²) in [6.45, 7) is 7.80. The molecule has 0 saturated carbocycles. The molecule has 0 aromatic heterocycles. The molecule has 1 atom stereocenters. The highest BCUT2D eigenvalue weighted by Gasteiger charge is 2.17. The average Bonchev–Trinajstić information content (AvgIpc) is 2.53. The predicted molar refractivity (Wildman–Crippen MR) is 56.3 cm³/mol. The van der Waals surface area contributed by atoms with Crippen LogP contribution in [0.1, 0.15) is 27.2 Å². The summed E-state index contributed by atoms with van der Waals surface area (Å²) in [5.41, 5.74) is 4.89. The van der Waals surface area contributed by atoms with Crippen LogP contribution in [0.2, 0.25) is 0 Å². The zero-order valence-electron chi connectivity index (χ0n) is 9.63. The van der Waals surface area contributed by atoms with E-state index in [2.05, 4.69) is 10.9 Å². The van der Waals surface area contributed by atoms with Gasteiger partial charge in [-0.1, -0.05) is 0 Å². The summed E-state index contributed by atoms with van der Waals surface area (Å²) in [4.78, 5) is 11.2. The van der Waals surface area contributed by atoms with E-state index < -0.39 is 11.7 Å². The molecule has 1 saturated heterocycles. The summed E-state index contributed by atoms with van der Waals surface area (Å²) in [5.74, 6) is 0.486. The lowest BCUT2D eigenvalue weighted by molar-refractivity contribution is 0.0494. The first-order valence-electron chi connectivity index (χ1n) is 5.27. The second-order valence-corrected chi connectivity index (χ2v) is 4.74. The number of nitrogens with one attached hydrogen (secondary N) is 2. The SMILES string of the molecule is CC(C)(C)OC(=O)NNCC1CCOC1. The number of carbonyl (C=O) groups is 1. The van der Waals surface area contributed by atoms with E-state index >= 15 is 0 Å². The van der Waals surface area contributed by atoms with Gasteiger partial charge in [-0.3, -0.25) is 5.43 Å². The molecular weight excluding hydrogens is 196 g/mol. The third kappa shape index (κ3) is 5.59. The van der Waals surface area contributed by atoms with Gasteiger partial charge in [-0.15, -0.1) is 0 Å². The van der Waals surface area contributed by atoms with E-state index in [4.69, 9.17) is 9.47 Å². The second kappa shape index (κ2) is 5.32. The van der Waals surface area contributed by atoms with Crippen molar-refractivity contribution in [2.24, 2.45) is 5.92 Å². The molecule has 1 fully saturated rings. The van der Waals surface area contributed by atoms with Crippen LogP contribution < -0.4 is 10.9 Å². The van der Waals surface area contributed by atoms with Crippen molar-refractivity contribution < 1.29 is 14.3 Å². The summed E-state index contributed by atoms with van der Waals surface area (Å²) < 4.78 is 10.3. The average molecular weight is 216 g/mol. The van der Waals surface area contributed by atoms with E-state index in [9.17, 15) is 4.79 Å². The summed E-state index contributed by atoms with van der Waals surface area (Å²) in [5, 5.41) is 0. The summed E-state index contributed by atoms with van der Waals surface area (Å²) in [7, 11) is 0. The van der Waals surface area contributed by atoms with Crippen molar-refractivity contribution in [3.8, 4) is 0 Å². The maximum atomic E-state index is 11.2. The molecule has 5 heteroatoms. The number of carbonyl (C=O) groups excluding carboxylic acids is 1. The molecule has 15 heavy (non-hydrogen) atoms. The maximum Gasteiger partial charge on any atom is 0.422 e. The van der Waals surface area contributed by atoms with E-state index in [-0.39, 0.29) is 0 Å². The molecule has 1 unspecified atom stereocenters. The lowest BCUT2D eigenvalue weighted by Gasteiger charge is -2.20. The number of rotatable bonds is 3. The zero-order valence-corrected chi connectivity index (χ0v) is 9.63. The molecule has 1 heterocycles. The Balaban J connectivity index is 2.06. The van der Waals surface area contributed by atoms with Crippen LogP contribution in [-0.2, 0) is 9.47 Å². The molecule has 1 aliphatic heterocycles. The Hall–Kier alpha value is -0.810. The first-order valence-corrected chi connectivity index (χ1v) is 5.27. The monoisotopic (exact) mass is 216 g/mol. The van der Waals surface area contributed by atoms with Gasteiger partial charge in [0.15, 0.2) is 0 Å². The molecule has 2 N–H and O–H groups in total. The predicted octanol–water partition coefficient (Wildman–Crippen LogP) is 1.05. The zero-order chi connectivity index (χ0) is 11.3. The fraction of sp³-hybridized carbons (Fsp3) is 0.900. The van der Waals surface area contributed by atoms with Crippen molar-refractivity contribution in [1.82, 2.24) is 10.9 Å². The highest BCUT2D eigenvalue weighted by molar-refractivity contribution is 5.66. The molecule has 88 valence electrons. The fourth-order valence-electron chi connectivity index (χ4n) is 1.32. The first kappa shape index (κ1) is 12.3. The largest absolute Gasteiger partial charge is 0.443 e. The Bertz CT molecular complexity index is 207. The van der Waals surface area contributed by atoms with Crippen LogP contribution in [0.3, 0.4) is 0 Å². The lowest BCUT2D eigenvalue weighted by atomic mass is 10.1.